The molecule has 0 aliphatic heterocycles. The van der Waals surface area contributed by atoms with Crippen LogP contribution in [0.25, 0.3) is 11.5 Å². The molecule has 0 spiro atoms. The van der Waals surface area contributed by atoms with Crippen LogP contribution in [0.5, 0.6) is 5.88 Å². The van der Waals surface area contributed by atoms with Gasteiger partial charge in [-0.1, -0.05) is 0 Å². The van der Waals surface area contributed by atoms with Crippen LogP contribution in [0, 0.1) is 0 Å². The molecule has 0 bridgehead atoms. The molecule has 17 heavy (non-hydrogen) atoms. The van der Waals surface area contributed by atoms with Gasteiger partial charge in [0.25, 0.3) is 0 Å². The highest BCUT2D eigenvalue weighted by Crippen LogP contribution is 2.27. The third-order valence-electron chi connectivity index (χ3n) is 2.41. The highest BCUT2D eigenvalue weighted by atomic mass is 32.1. The van der Waals surface area contributed by atoms with Crippen LogP contribution >= 0.6 is 11.5 Å². The fourth-order valence-electron chi connectivity index (χ4n) is 1.36. The molecule has 1 N–H and O–H groups in total. The zero-order chi connectivity index (χ0) is 11.7. The maximum atomic E-state index is 5.04. The largest absolute Gasteiger partial charge is 0.481 e. The fraction of sp³-hybridized carbons (Fsp3) is 0.400. The lowest BCUT2D eigenvalue weighted by atomic mass is 10.4. The van der Waals surface area contributed by atoms with Crippen molar-refractivity contribution in [1.29, 1.82) is 0 Å². The maximum absolute atomic E-state index is 5.04. The van der Waals surface area contributed by atoms with Gasteiger partial charge >= 0.3 is 0 Å². The van der Waals surface area contributed by atoms with Crippen molar-refractivity contribution in [2.75, 3.05) is 12.4 Å². The smallest absolute Gasteiger partial charge is 0.216 e. The quantitative estimate of drug-likeness (QED) is 0.886. The lowest BCUT2D eigenvalue weighted by Gasteiger charge is -1.98. The van der Waals surface area contributed by atoms with Crippen molar-refractivity contribution >= 4 is 16.7 Å². The van der Waals surface area contributed by atoms with Crippen molar-refractivity contribution < 1.29 is 4.74 Å². The molecule has 1 fully saturated rings. The second-order valence-electron chi connectivity index (χ2n) is 3.79. The van der Waals surface area contributed by atoms with Gasteiger partial charge in [0.1, 0.15) is 12.0 Å². The second kappa shape index (κ2) is 4.25. The van der Waals surface area contributed by atoms with Gasteiger partial charge in [0.2, 0.25) is 11.0 Å². The van der Waals surface area contributed by atoms with Crippen LogP contribution in [0.3, 0.4) is 0 Å². The van der Waals surface area contributed by atoms with Crippen LogP contribution in [0.1, 0.15) is 12.8 Å². The van der Waals surface area contributed by atoms with Gasteiger partial charge in [-0.3, -0.25) is 0 Å². The van der Waals surface area contributed by atoms with Crippen LogP contribution in [-0.4, -0.2) is 32.5 Å². The molecule has 0 amide bonds. The second-order valence-corrected chi connectivity index (χ2v) is 4.54. The number of hydrogen-bond donors (Lipinski definition) is 1. The molecule has 0 unspecified atom stereocenters. The number of aromatic nitrogens is 4. The zero-order valence-corrected chi connectivity index (χ0v) is 10.1. The minimum Gasteiger partial charge on any atom is -0.481 e. The third-order valence-corrected chi connectivity index (χ3v) is 3.06. The first-order valence-electron chi connectivity index (χ1n) is 5.32. The van der Waals surface area contributed by atoms with Gasteiger partial charge in [-0.05, 0) is 12.8 Å². The molecule has 1 saturated carbocycles. The molecule has 6 nitrogen and oxygen atoms in total. The summed E-state index contributed by atoms with van der Waals surface area (Å²) in [6.07, 6.45) is 3.88. The summed E-state index contributed by atoms with van der Waals surface area (Å²) < 4.78 is 9.30. The molecule has 1 aliphatic carbocycles. The first-order chi connectivity index (χ1) is 8.35. The minimum atomic E-state index is 0.515. The van der Waals surface area contributed by atoms with E-state index in [1.54, 1.807) is 13.2 Å². The number of ether oxygens (including phenoxy) is 1. The van der Waals surface area contributed by atoms with E-state index in [4.69, 9.17) is 4.74 Å². The summed E-state index contributed by atoms with van der Waals surface area (Å²) in [7, 11) is 1.57. The van der Waals surface area contributed by atoms with Gasteiger partial charge in [0.05, 0.1) is 7.11 Å². The van der Waals surface area contributed by atoms with E-state index in [-0.39, 0.29) is 0 Å². The molecule has 2 heterocycles. The Bertz CT molecular complexity index is 525. The lowest BCUT2D eigenvalue weighted by Crippen LogP contribution is -1.99. The lowest BCUT2D eigenvalue weighted by molar-refractivity contribution is 0.397. The van der Waals surface area contributed by atoms with Crippen molar-refractivity contribution in [3.05, 3.63) is 12.4 Å². The third kappa shape index (κ3) is 2.33. The summed E-state index contributed by atoms with van der Waals surface area (Å²) in [5.41, 5.74) is 0.678. The Morgan fingerprint density at radius 1 is 1.41 bits per heavy atom. The summed E-state index contributed by atoms with van der Waals surface area (Å²) in [4.78, 5) is 12.5. The Morgan fingerprint density at radius 3 is 3.06 bits per heavy atom. The van der Waals surface area contributed by atoms with Gasteiger partial charge < -0.3 is 10.1 Å². The van der Waals surface area contributed by atoms with E-state index in [2.05, 4.69) is 24.6 Å². The van der Waals surface area contributed by atoms with E-state index >= 15 is 0 Å². The van der Waals surface area contributed by atoms with Crippen molar-refractivity contribution in [2.24, 2.45) is 0 Å². The maximum Gasteiger partial charge on any atom is 0.216 e. The number of nitrogens with zero attached hydrogens (tertiary/aromatic N) is 4. The standard InChI is InChI=1S/C10H11N5OS/c1-16-8-4-7(11-5-12-8)9-14-10(17-15-9)13-6-2-3-6/h4-6H,2-3H2,1H3,(H,13,14,15). The Kier molecular flexibility index (Phi) is 2.60. The number of nitrogens with one attached hydrogen (secondary N) is 1. The van der Waals surface area contributed by atoms with E-state index < -0.39 is 0 Å². The van der Waals surface area contributed by atoms with Crippen molar-refractivity contribution in [3.63, 3.8) is 0 Å². The summed E-state index contributed by atoms with van der Waals surface area (Å²) in [5, 5.41) is 4.15. The SMILES string of the molecule is COc1cc(-c2nsc(NC3CC3)n2)ncn1. The van der Waals surface area contributed by atoms with Crippen LogP contribution in [-0.2, 0) is 0 Å². The van der Waals surface area contributed by atoms with Crippen molar-refractivity contribution in [2.45, 2.75) is 18.9 Å². The molecule has 88 valence electrons. The number of methoxy groups -OCH3 is 1. The molecule has 3 rings (SSSR count). The summed E-state index contributed by atoms with van der Waals surface area (Å²) in [6.45, 7) is 0. The normalized spacial score (nSPS) is 14.6. The topological polar surface area (TPSA) is 72.8 Å². The number of hydrogen-bond acceptors (Lipinski definition) is 7. The fourth-order valence-corrected chi connectivity index (χ4v) is 2.02. The highest BCUT2D eigenvalue weighted by Gasteiger charge is 2.22. The molecule has 2 aromatic rings. The van der Waals surface area contributed by atoms with Crippen LogP contribution < -0.4 is 10.1 Å². The summed E-state index contributed by atoms with van der Waals surface area (Å²) in [6, 6.07) is 2.30. The Hall–Kier alpha value is -1.76. The minimum absolute atomic E-state index is 0.515. The van der Waals surface area contributed by atoms with Gasteiger partial charge in [0.15, 0.2) is 5.82 Å². The van der Waals surface area contributed by atoms with Crippen LogP contribution in [0.2, 0.25) is 0 Å². The molecule has 0 radical (unpaired) electrons. The van der Waals surface area contributed by atoms with E-state index in [0.717, 1.165) is 5.13 Å². The van der Waals surface area contributed by atoms with Gasteiger partial charge in [-0.25, -0.2) is 9.97 Å². The molecule has 0 aromatic carbocycles. The molecular weight excluding hydrogens is 238 g/mol. The van der Waals surface area contributed by atoms with E-state index in [1.807, 2.05) is 0 Å². The van der Waals surface area contributed by atoms with Gasteiger partial charge in [-0.2, -0.15) is 9.36 Å². The zero-order valence-electron chi connectivity index (χ0n) is 9.25. The van der Waals surface area contributed by atoms with Crippen molar-refractivity contribution in [3.8, 4) is 17.4 Å². The molecular formula is C10H11N5OS. The first kappa shape index (κ1) is 10.4. The average molecular weight is 249 g/mol. The molecule has 0 saturated heterocycles. The first-order valence-corrected chi connectivity index (χ1v) is 6.09. The van der Waals surface area contributed by atoms with E-state index in [0.29, 0.717) is 23.4 Å². The van der Waals surface area contributed by atoms with Crippen LogP contribution in [0.15, 0.2) is 12.4 Å². The molecule has 7 heteroatoms. The molecule has 0 atom stereocenters. The van der Waals surface area contributed by atoms with Gasteiger partial charge in [-0.15, -0.1) is 0 Å². The summed E-state index contributed by atoms with van der Waals surface area (Å²) >= 11 is 1.35. The van der Waals surface area contributed by atoms with Gasteiger partial charge in [0, 0.05) is 23.6 Å². The predicted octanol–water partition coefficient (Wildman–Crippen LogP) is 1.58. The van der Waals surface area contributed by atoms with Crippen LogP contribution in [0.4, 0.5) is 5.13 Å². The predicted molar refractivity (Wildman–Crippen MR) is 64.1 cm³/mol. The monoisotopic (exact) mass is 249 g/mol. The Balaban J connectivity index is 1.83. The Labute approximate surface area is 102 Å². The van der Waals surface area contributed by atoms with E-state index in [9.17, 15) is 0 Å². The van der Waals surface area contributed by atoms with Crippen molar-refractivity contribution in [1.82, 2.24) is 19.3 Å². The average Bonchev–Trinajstić information content (AvgIpc) is 3.05. The molecule has 2 aromatic heterocycles. The number of anilines is 1. The number of rotatable bonds is 4. The van der Waals surface area contributed by atoms with E-state index in [1.165, 1.54) is 30.7 Å². The molecule has 1 aliphatic rings. The highest BCUT2D eigenvalue weighted by molar-refractivity contribution is 7.09. The summed E-state index contributed by atoms with van der Waals surface area (Å²) in [5.74, 6) is 1.13. The Morgan fingerprint density at radius 2 is 2.29 bits per heavy atom.